The monoisotopic (exact) mass is 392 g/mol. The fourth-order valence-electron chi connectivity index (χ4n) is 2.69. The van der Waals surface area contributed by atoms with Gasteiger partial charge in [0.2, 0.25) is 0 Å². The Hall–Kier alpha value is -2.77. The van der Waals surface area contributed by atoms with Crippen molar-refractivity contribution in [3.05, 3.63) is 35.2 Å². The van der Waals surface area contributed by atoms with Crippen LogP contribution in [0.1, 0.15) is 25.8 Å². The van der Waals surface area contributed by atoms with Crippen LogP contribution in [0.15, 0.2) is 23.3 Å². The molecule has 5 nitrogen and oxygen atoms in total. The highest BCUT2D eigenvalue weighted by atomic mass is 19.4. The summed E-state index contributed by atoms with van der Waals surface area (Å²) in [5.41, 5.74) is -5.02. The van der Waals surface area contributed by atoms with Crippen molar-refractivity contribution in [3.63, 3.8) is 0 Å². The summed E-state index contributed by atoms with van der Waals surface area (Å²) in [7, 11) is 0. The Morgan fingerprint density at radius 2 is 1.93 bits per heavy atom. The van der Waals surface area contributed by atoms with Crippen LogP contribution in [-0.4, -0.2) is 34.9 Å². The van der Waals surface area contributed by atoms with E-state index in [1.54, 1.807) is 0 Å². The van der Waals surface area contributed by atoms with E-state index in [9.17, 15) is 31.1 Å². The highest BCUT2D eigenvalue weighted by Gasteiger charge is 2.51. The molecule has 27 heavy (non-hydrogen) atoms. The smallest absolute Gasteiger partial charge is 0.324 e. The van der Waals surface area contributed by atoms with E-state index in [0.29, 0.717) is 6.07 Å². The molecule has 146 valence electrons. The maximum absolute atomic E-state index is 13.0. The molecule has 1 N–H and O–H groups in total. The molecule has 1 aromatic carbocycles. The number of benzene rings is 1. The van der Waals surface area contributed by atoms with Crippen LogP contribution in [0.3, 0.4) is 0 Å². The number of carbonyl (C=O) groups excluding carboxylic acids is 1. The topological polar surface area (TPSA) is 49.1 Å². The number of anilines is 1. The lowest BCUT2D eigenvalue weighted by Gasteiger charge is -2.32. The van der Waals surface area contributed by atoms with Gasteiger partial charge in [-0.25, -0.2) is 4.85 Å². The van der Waals surface area contributed by atoms with Gasteiger partial charge >= 0.3 is 12.4 Å². The van der Waals surface area contributed by atoms with E-state index in [-0.39, 0.29) is 12.2 Å². The molecule has 0 saturated carbocycles. The van der Waals surface area contributed by atoms with Crippen LogP contribution in [0, 0.1) is 6.57 Å². The molecule has 1 amide bonds. The third-order valence-electron chi connectivity index (χ3n) is 4.12. The minimum atomic E-state index is -4.82. The summed E-state index contributed by atoms with van der Waals surface area (Å²) in [6.07, 6.45) is -10.3. The maximum Gasteiger partial charge on any atom is 0.431 e. The van der Waals surface area contributed by atoms with Crippen molar-refractivity contribution < 1.29 is 31.1 Å². The molecule has 0 spiro atoms. The molecule has 1 atom stereocenters. The van der Waals surface area contributed by atoms with E-state index in [0.717, 1.165) is 17.1 Å². The Morgan fingerprint density at radius 3 is 2.41 bits per heavy atom. The molecule has 2 rings (SSSR count). The van der Waals surface area contributed by atoms with Gasteiger partial charge in [-0.05, 0) is 26.0 Å². The van der Waals surface area contributed by atoms with Crippen molar-refractivity contribution in [3.8, 4) is 0 Å². The lowest BCUT2D eigenvalue weighted by Crippen LogP contribution is -2.50. The first-order valence-electron chi connectivity index (χ1n) is 7.65. The van der Waals surface area contributed by atoms with Gasteiger partial charge in [0, 0.05) is 18.7 Å². The third-order valence-corrected chi connectivity index (χ3v) is 4.12. The second-order valence-electron chi connectivity index (χ2n) is 6.01. The fraction of sp³-hybridized carbons (Fsp3) is 0.438. The standard InChI is InChI=1S/C16H14F6N4O/c1-4-26-14(2,8-12(25-26)16(20,21)22)13(27)24-9-5-6-11(23-3)10(7-9)15(17,18)19/h5-7H,4,8H2,1-2H3,(H,24,27)/t14-/m0/s1. The minimum Gasteiger partial charge on any atom is -0.324 e. The van der Waals surface area contributed by atoms with Crippen LogP contribution in [0.2, 0.25) is 0 Å². The number of nitrogens with zero attached hydrogens (tertiary/aromatic N) is 3. The number of hydrogen-bond donors (Lipinski definition) is 1. The van der Waals surface area contributed by atoms with E-state index in [2.05, 4.69) is 15.3 Å². The summed E-state index contributed by atoms with van der Waals surface area (Å²) in [5, 5.41) is 6.57. The van der Waals surface area contributed by atoms with Gasteiger partial charge in [-0.1, -0.05) is 6.07 Å². The van der Waals surface area contributed by atoms with Gasteiger partial charge in [0.25, 0.3) is 5.91 Å². The zero-order chi connectivity index (χ0) is 20.6. The highest BCUT2D eigenvalue weighted by Crippen LogP contribution is 2.39. The Bertz CT molecular complexity index is 824. The van der Waals surface area contributed by atoms with E-state index in [4.69, 9.17) is 6.57 Å². The van der Waals surface area contributed by atoms with Crippen LogP contribution in [0.5, 0.6) is 0 Å². The summed E-state index contributed by atoms with van der Waals surface area (Å²) in [5.74, 6) is -0.934. The highest BCUT2D eigenvalue weighted by molar-refractivity contribution is 6.04. The molecule has 0 unspecified atom stereocenters. The van der Waals surface area contributed by atoms with Crippen LogP contribution in [0.4, 0.5) is 37.7 Å². The van der Waals surface area contributed by atoms with Gasteiger partial charge in [0.15, 0.2) is 5.69 Å². The van der Waals surface area contributed by atoms with Gasteiger partial charge in [0.1, 0.15) is 11.3 Å². The summed E-state index contributed by atoms with van der Waals surface area (Å²) in [4.78, 5) is 15.3. The Balaban J connectivity index is 2.31. The molecule has 0 aliphatic carbocycles. The van der Waals surface area contributed by atoms with E-state index in [1.807, 2.05) is 0 Å². The van der Waals surface area contributed by atoms with E-state index >= 15 is 0 Å². The van der Waals surface area contributed by atoms with Gasteiger partial charge in [-0.3, -0.25) is 9.80 Å². The molecule has 11 heteroatoms. The average Bonchev–Trinajstić information content (AvgIpc) is 2.92. The maximum atomic E-state index is 13.0. The number of alkyl halides is 6. The molecule has 0 saturated heterocycles. The van der Waals surface area contributed by atoms with Crippen molar-refractivity contribution in [2.75, 3.05) is 11.9 Å². The number of carbonyl (C=O) groups is 1. The van der Waals surface area contributed by atoms with Crippen LogP contribution >= 0.6 is 0 Å². The molecule has 0 fully saturated rings. The van der Waals surface area contributed by atoms with Crippen LogP contribution < -0.4 is 5.32 Å². The van der Waals surface area contributed by atoms with E-state index < -0.39 is 47.2 Å². The van der Waals surface area contributed by atoms with Gasteiger partial charge in [-0.15, -0.1) is 0 Å². The summed E-state index contributed by atoms with van der Waals surface area (Å²) < 4.78 is 77.8. The first kappa shape index (κ1) is 20.5. The Morgan fingerprint density at radius 1 is 1.30 bits per heavy atom. The molecule has 0 bridgehead atoms. The summed E-state index contributed by atoms with van der Waals surface area (Å²) >= 11 is 0. The molecular formula is C16H14F6N4O. The Kier molecular flexibility index (Phi) is 5.14. The van der Waals surface area contributed by atoms with Crippen LogP contribution in [0.25, 0.3) is 4.85 Å². The number of rotatable bonds is 3. The lowest BCUT2D eigenvalue weighted by molar-refractivity contribution is -0.137. The largest absolute Gasteiger partial charge is 0.431 e. The van der Waals surface area contributed by atoms with Crippen molar-refractivity contribution in [2.24, 2.45) is 5.10 Å². The fourth-order valence-corrected chi connectivity index (χ4v) is 2.69. The number of hydrogen-bond acceptors (Lipinski definition) is 3. The van der Waals surface area contributed by atoms with Crippen molar-refractivity contribution in [1.82, 2.24) is 5.01 Å². The number of nitrogens with one attached hydrogen (secondary N) is 1. The van der Waals surface area contributed by atoms with E-state index in [1.165, 1.54) is 13.8 Å². The Labute approximate surface area is 150 Å². The molecule has 1 aliphatic rings. The minimum absolute atomic E-state index is 0.00599. The molecule has 1 heterocycles. The molecule has 1 aliphatic heterocycles. The van der Waals surface area contributed by atoms with Gasteiger partial charge in [0.05, 0.1) is 12.1 Å². The summed E-state index contributed by atoms with van der Waals surface area (Å²) in [6, 6.07) is 2.55. The zero-order valence-corrected chi connectivity index (χ0v) is 14.2. The summed E-state index contributed by atoms with van der Waals surface area (Å²) in [6.45, 7) is 9.51. The second-order valence-corrected chi connectivity index (χ2v) is 6.01. The quantitative estimate of drug-likeness (QED) is 0.604. The van der Waals surface area contributed by atoms with Crippen LogP contribution in [-0.2, 0) is 11.0 Å². The zero-order valence-electron chi connectivity index (χ0n) is 14.2. The number of amides is 1. The molecule has 0 aromatic heterocycles. The average molecular weight is 392 g/mol. The number of hydrazone groups is 1. The number of halogens is 6. The number of likely N-dealkylation sites (N-methyl/N-ethyl adjacent to an activating group) is 1. The second kappa shape index (κ2) is 6.75. The SMILES string of the molecule is [C-]#[N+]c1ccc(NC(=O)[C@]2(C)CC(C(F)(F)F)=NN2CC)cc1C(F)(F)F. The predicted octanol–water partition coefficient (Wildman–Crippen LogP) is 4.60. The van der Waals surface area contributed by atoms with Crippen molar-refractivity contribution in [1.29, 1.82) is 0 Å². The van der Waals surface area contributed by atoms with Crippen molar-refractivity contribution in [2.45, 2.75) is 38.2 Å². The first-order chi connectivity index (χ1) is 12.3. The van der Waals surface area contributed by atoms with Crippen molar-refractivity contribution >= 4 is 23.0 Å². The third kappa shape index (κ3) is 3.99. The molecular weight excluding hydrogens is 378 g/mol. The normalized spacial score (nSPS) is 20.3. The predicted molar refractivity (Wildman–Crippen MR) is 85.2 cm³/mol. The van der Waals surface area contributed by atoms with Gasteiger partial charge in [-0.2, -0.15) is 31.4 Å². The van der Waals surface area contributed by atoms with Gasteiger partial charge < -0.3 is 5.32 Å². The molecule has 1 aromatic rings. The lowest BCUT2D eigenvalue weighted by atomic mass is 9.94. The first-order valence-corrected chi connectivity index (χ1v) is 7.65. The molecule has 0 radical (unpaired) electrons.